The SMILES string of the molecule is O=C(O)C1CCc2sc(-c3sccc3Br)nc21. The number of aliphatic carboxylic acids is 1. The molecule has 17 heavy (non-hydrogen) atoms. The molecule has 3 nitrogen and oxygen atoms in total. The standard InChI is InChI=1S/C11H8BrNO2S2/c12-6-3-4-16-9(6)10-13-8-5(11(14)15)1-2-7(8)17-10/h3-5H,1-2H2,(H,14,15). The van der Waals surface area contributed by atoms with Gasteiger partial charge in [-0.15, -0.1) is 22.7 Å². The average Bonchev–Trinajstić information content (AvgIpc) is 2.89. The molecule has 1 atom stereocenters. The van der Waals surface area contributed by atoms with E-state index in [1.165, 1.54) is 0 Å². The van der Waals surface area contributed by atoms with Gasteiger partial charge in [0.05, 0.1) is 10.6 Å². The predicted molar refractivity (Wildman–Crippen MR) is 71.8 cm³/mol. The van der Waals surface area contributed by atoms with E-state index in [2.05, 4.69) is 20.9 Å². The summed E-state index contributed by atoms with van der Waals surface area (Å²) in [6, 6.07) is 1.99. The summed E-state index contributed by atoms with van der Waals surface area (Å²) in [5.41, 5.74) is 0.776. The number of nitrogens with zero attached hydrogens (tertiary/aromatic N) is 1. The van der Waals surface area contributed by atoms with E-state index in [-0.39, 0.29) is 0 Å². The van der Waals surface area contributed by atoms with Crippen LogP contribution < -0.4 is 0 Å². The fraction of sp³-hybridized carbons (Fsp3) is 0.273. The van der Waals surface area contributed by atoms with E-state index in [1.807, 2.05) is 11.4 Å². The Balaban J connectivity index is 2.04. The summed E-state index contributed by atoms with van der Waals surface area (Å²) in [4.78, 5) is 17.8. The summed E-state index contributed by atoms with van der Waals surface area (Å²) in [7, 11) is 0. The maximum atomic E-state index is 11.1. The van der Waals surface area contributed by atoms with Crippen LogP contribution in [0.2, 0.25) is 0 Å². The Labute approximate surface area is 114 Å². The molecule has 6 heteroatoms. The number of rotatable bonds is 2. The van der Waals surface area contributed by atoms with Crippen LogP contribution in [-0.2, 0) is 11.2 Å². The molecule has 0 saturated heterocycles. The molecule has 1 aliphatic carbocycles. The van der Waals surface area contributed by atoms with Gasteiger partial charge in [-0.3, -0.25) is 4.79 Å². The second kappa shape index (κ2) is 4.19. The van der Waals surface area contributed by atoms with Gasteiger partial charge < -0.3 is 5.11 Å². The van der Waals surface area contributed by atoms with Crippen molar-refractivity contribution in [3.05, 3.63) is 26.5 Å². The van der Waals surface area contributed by atoms with Gasteiger partial charge in [-0.25, -0.2) is 4.98 Å². The number of thiazole rings is 1. The van der Waals surface area contributed by atoms with Crippen LogP contribution in [0.15, 0.2) is 15.9 Å². The van der Waals surface area contributed by atoms with Crippen LogP contribution in [-0.4, -0.2) is 16.1 Å². The van der Waals surface area contributed by atoms with Crippen molar-refractivity contribution in [1.82, 2.24) is 4.98 Å². The third kappa shape index (κ3) is 1.84. The molecule has 2 aromatic heterocycles. The Kier molecular flexibility index (Phi) is 2.80. The van der Waals surface area contributed by atoms with Crippen molar-refractivity contribution in [3.63, 3.8) is 0 Å². The first-order valence-corrected chi connectivity index (χ1v) is 7.61. The van der Waals surface area contributed by atoms with Crippen LogP contribution >= 0.6 is 38.6 Å². The van der Waals surface area contributed by atoms with E-state index in [0.29, 0.717) is 6.42 Å². The molecular weight excluding hydrogens is 322 g/mol. The van der Waals surface area contributed by atoms with Crippen LogP contribution in [0.5, 0.6) is 0 Å². The van der Waals surface area contributed by atoms with E-state index in [1.54, 1.807) is 22.7 Å². The lowest BCUT2D eigenvalue weighted by Gasteiger charge is -2.00. The van der Waals surface area contributed by atoms with Gasteiger partial charge in [0.1, 0.15) is 10.9 Å². The van der Waals surface area contributed by atoms with Gasteiger partial charge in [-0.2, -0.15) is 0 Å². The normalized spacial score (nSPS) is 18.3. The van der Waals surface area contributed by atoms with Gasteiger partial charge in [-0.1, -0.05) is 0 Å². The largest absolute Gasteiger partial charge is 0.481 e. The number of hydrogen-bond acceptors (Lipinski definition) is 4. The number of halogens is 1. The summed E-state index contributed by atoms with van der Waals surface area (Å²) in [6.45, 7) is 0. The highest BCUT2D eigenvalue weighted by Gasteiger charge is 2.32. The van der Waals surface area contributed by atoms with E-state index in [9.17, 15) is 4.79 Å². The second-order valence-corrected chi connectivity index (χ2v) is 6.71. The highest BCUT2D eigenvalue weighted by Crippen LogP contribution is 2.43. The topological polar surface area (TPSA) is 50.2 Å². The molecule has 0 spiro atoms. The van der Waals surface area contributed by atoms with Crippen molar-refractivity contribution in [2.24, 2.45) is 0 Å². The highest BCUT2D eigenvalue weighted by molar-refractivity contribution is 9.10. The van der Waals surface area contributed by atoms with E-state index < -0.39 is 11.9 Å². The van der Waals surface area contributed by atoms with Gasteiger partial charge in [0.15, 0.2) is 0 Å². The molecule has 0 aliphatic heterocycles. The summed E-state index contributed by atoms with van der Waals surface area (Å²) < 4.78 is 1.03. The lowest BCUT2D eigenvalue weighted by Crippen LogP contribution is -2.08. The maximum Gasteiger partial charge on any atom is 0.312 e. The molecule has 3 rings (SSSR count). The molecule has 0 amide bonds. The Hall–Kier alpha value is -0.720. The number of carboxylic acid groups (broad SMARTS) is 1. The number of aryl methyl sites for hydroxylation is 1. The van der Waals surface area contributed by atoms with Crippen LogP contribution in [0, 0.1) is 0 Å². The molecular formula is C11H8BrNO2S2. The number of carboxylic acids is 1. The van der Waals surface area contributed by atoms with Crippen molar-refractivity contribution < 1.29 is 9.90 Å². The van der Waals surface area contributed by atoms with E-state index in [4.69, 9.17) is 5.11 Å². The zero-order valence-electron chi connectivity index (χ0n) is 8.64. The van der Waals surface area contributed by atoms with Crippen LogP contribution in [0.1, 0.15) is 22.9 Å². The Morgan fingerprint density at radius 3 is 3.06 bits per heavy atom. The summed E-state index contributed by atoms with van der Waals surface area (Å²) in [5.74, 6) is -1.17. The first-order valence-electron chi connectivity index (χ1n) is 5.12. The molecule has 1 unspecified atom stereocenters. The van der Waals surface area contributed by atoms with Crippen molar-refractivity contribution in [2.75, 3.05) is 0 Å². The van der Waals surface area contributed by atoms with E-state index in [0.717, 1.165) is 31.3 Å². The fourth-order valence-electron chi connectivity index (χ4n) is 2.01. The molecule has 1 aliphatic rings. The minimum Gasteiger partial charge on any atom is -0.481 e. The first-order chi connectivity index (χ1) is 8.16. The minimum atomic E-state index is -0.758. The number of hydrogen-bond donors (Lipinski definition) is 1. The minimum absolute atomic E-state index is 0.409. The van der Waals surface area contributed by atoms with E-state index >= 15 is 0 Å². The lowest BCUT2D eigenvalue weighted by atomic mass is 10.1. The van der Waals surface area contributed by atoms with Crippen molar-refractivity contribution >= 4 is 44.6 Å². The zero-order valence-corrected chi connectivity index (χ0v) is 11.9. The predicted octanol–water partition coefficient (Wildman–Crippen LogP) is 3.75. The molecule has 2 heterocycles. The third-order valence-corrected chi connectivity index (χ3v) is 5.95. The Bertz CT molecular complexity index is 590. The monoisotopic (exact) mass is 329 g/mol. The van der Waals surface area contributed by atoms with Gasteiger partial charge in [0.2, 0.25) is 0 Å². The van der Waals surface area contributed by atoms with Gasteiger partial charge >= 0.3 is 5.97 Å². The van der Waals surface area contributed by atoms with Crippen LogP contribution in [0.4, 0.5) is 0 Å². The molecule has 0 bridgehead atoms. The highest BCUT2D eigenvalue weighted by atomic mass is 79.9. The van der Waals surface area contributed by atoms with Gasteiger partial charge in [0.25, 0.3) is 0 Å². The molecule has 0 aromatic carbocycles. The number of thiophene rings is 1. The smallest absolute Gasteiger partial charge is 0.312 e. The third-order valence-electron chi connectivity index (χ3n) is 2.83. The molecule has 2 aromatic rings. The fourth-order valence-corrected chi connectivity index (χ4v) is 4.95. The lowest BCUT2D eigenvalue weighted by molar-refractivity contribution is -0.138. The van der Waals surface area contributed by atoms with Crippen molar-refractivity contribution in [3.8, 4) is 9.88 Å². The first kappa shape index (κ1) is 11.4. The summed E-state index contributed by atoms with van der Waals surface area (Å²) in [5, 5.41) is 12.0. The molecule has 1 N–H and O–H groups in total. The summed E-state index contributed by atoms with van der Waals surface area (Å²) in [6.07, 6.45) is 1.53. The van der Waals surface area contributed by atoms with Crippen LogP contribution in [0.25, 0.3) is 9.88 Å². The van der Waals surface area contributed by atoms with Crippen LogP contribution in [0.3, 0.4) is 0 Å². The van der Waals surface area contributed by atoms with Gasteiger partial charge in [-0.05, 0) is 40.2 Å². The number of fused-ring (bicyclic) bond motifs is 1. The van der Waals surface area contributed by atoms with Gasteiger partial charge in [0, 0.05) is 9.35 Å². The zero-order chi connectivity index (χ0) is 12.0. The Morgan fingerprint density at radius 1 is 1.59 bits per heavy atom. The van der Waals surface area contributed by atoms with Crippen molar-refractivity contribution in [2.45, 2.75) is 18.8 Å². The molecule has 0 radical (unpaired) electrons. The quantitative estimate of drug-likeness (QED) is 0.912. The Morgan fingerprint density at radius 2 is 2.41 bits per heavy atom. The average molecular weight is 330 g/mol. The molecule has 88 valence electrons. The molecule has 0 saturated carbocycles. The molecule has 0 fully saturated rings. The maximum absolute atomic E-state index is 11.1. The second-order valence-electron chi connectivity index (χ2n) is 3.85. The number of aromatic nitrogens is 1. The number of carbonyl (C=O) groups is 1. The summed E-state index contributed by atoms with van der Waals surface area (Å²) >= 11 is 6.73. The van der Waals surface area contributed by atoms with Crippen molar-refractivity contribution in [1.29, 1.82) is 0 Å².